The van der Waals surface area contributed by atoms with Crippen molar-refractivity contribution in [3.05, 3.63) is 72.1 Å². The third kappa shape index (κ3) is 3.85. The van der Waals surface area contributed by atoms with Crippen LogP contribution < -0.4 is 10.2 Å². The van der Waals surface area contributed by atoms with Crippen molar-refractivity contribution in [2.45, 2.75) is 32.7 Å². The number of pyridine rings is 1. The molecule has 0 unspecified atom stereocenters. The molecule has 5 rings (SSSR count). The molecule has 0 bridgehead atoms. The summed E-state index contributed by atoms with van der Waals surface area (Å²) < 4.78 is 2.13. The van der Waals surface area contributed by atoms with E-state index in [4.69, 9.17) is 4.98 Å². The Kier molecular flexibility index (Phi) is 5.28. The number of hydrogen-bond acceptors (Lipinski definition) is 4. The van der Waals surface area contributed by atoms with Crippen molar-refractivity contribution in [1.29, 1.82) is 0 Å². The average molecular weight is 414 g/mol. The van der Waals surface area contributed by atoms with Crippen LogP contribution in [0.3, 0.4) is 0 Å². The molecule has 3 aromatic heterocycles. The summed E-state index contributed by atoms with van der Waals surface area (Å²) in [5.74, 6) is 0.985. The van der Waals surface area contributed by atoms with Crippen LogP contribution in [0.25, 0.3) is 16.7 Å². The Bertz CT molecular complexity index is 1210. The molecule has 1 aromatic carbocycles. The first-order chi connectivity index (χ1) is 15.2. The van der Waals surface area contributed by atoms with Gasteiger partial charge in [-0.15, -0.1) is 0 Å². The Balaban J connectivity index is 1.33. The molecule has 1 fully saturated rings. The Morgan fingerprint density at radius 1 is 1.10 bits per heavy atom. The van der Waals surface area contributed by atoms with E-state index in [0.29, 0.717) is 13.1 Å². The fourth-order valence-corrected chi connectivity index (χ4v) is 4.44. The molecule has 4 heterocycles. The topological polar surface area (TPSA) is 62.5 Å². The molecular formula is C25H27N5O. The molecule has 0 radical (unpaired) electrons. The number of aromatic nitrogens is 3. The van der Waals surface area contributed by atoms with Crippen molar-refractivity contribution >= 4 is 28.4 Å². The third-order valence-corrected chi connectivity index (χ3v) is 6.20. The van der Waals surface area contributed by atoms with Gasteiger partial charge in [0.2, 0.25) is 5.91 Å². The van der Waals surface area contributed by atoms with Crippen LogP contribution >= 0.6 is 0 Å². The molecule has 0 spiro atoms. The number of carbonyl (C=O) groups excluding carboxylic acids is 1. The fraction of sp³-hybridized carbons (Fsp3) is 0.320. The number of carbonyl (C=O) groups is 1. The summed E-state index contributed by atoms with van der Waals surface area (Å²) in [5, 5.41) is 3.14. The monoisotopic (exact) mass is 413 g/mol. The predicted molar refractivity (Wildman–Crippen MR) is 123 cm³/mol. The van der Waals surface area contributed by atoms with E-state index in [1.165, 1.54) is 5.56 Å². The number of nitrogens with zero attached hydrogens (tertiary/aromatic N) is 4. The van der Waals surface area contributed by atoms with E-state index in [-0.39, 0.29) is 11.8 Å². The van der Waals surface area contributed by atoms with Crippen molar-refractivity contribution in [1.82, 2.24) is 19.7 Å². The Morgan fingerprint density at radius 2 is 1.90 bits per heavy atom. The van der Waals surface area contributed by atoms with Crippen LogP contribution in [-0.2, 0) is 17.8 Å². The number of rotatable bonds is 5. The van der Waals surface area contributed by atoms with Crippen molar-refractivity contribution in [2.24, 2.45) is 5.92 Å². The Morgan fingerprint density at radius 3 is 2.74 bits per heavy atom. The minimum Gasteiger partial charge on any atom is -0.354 e. The minimum atomic E-state index is -0.0418. The molecule has 31 heavy (non-hydrogen) atoms. The van der Waals surface area contributed by atoms with Crippen molar-refractivity contribution in [3.8, 4) is 0 Å². The summed E-state index contributed by atoms with van der Waals surface area (Å²) >= 11 is 0. The normalized spacial score (nSPS) is 16.7. The van der Waals surface area contributed by atoms with E-state index < -0.39 is 0 Å². The molecular weight excluding hydrogens is 386 g/mol. The van der Waals surface area contributed by atoms with Crippen molar-refractivity contribution in [2.75, 3.05) is 18.0 Å². The van der Waals surface area contributed by atoms with Crippen LogP contribution in [-0.4, -0.2) is 33.4 Å². The molecule has 6 heteroatoms. The quantitative estimate of drug-likeness (QED) is 0.538. The van der Waals surface area contributed by atoms with Crippen LogP contribution in [0.15, 0.2) is 60.9 Å². The summed E-state index contributed by atoms with van der Waals surface area (Å²) in [5.41, 5.74) is 5.22. The average Bonchev–Trinajstić information content (AvgIpc) is 3.33. The Labute approximate surface area is 181 Å². The molecule has 4 aromatic rings. The molecule has 1 aliphatic rings. The van der Waals surface area contributed by atoms with Crippen molar-refractivity contribution < 1.29 is 4.79 Å². The summed E-state index contributed by atoms with van der Waals surface area (Å²) in [6, 6.07) is 16.5. The second-order valence-electron chi connectivity index (χ2n) is 8.22. The number of aryl methyl sites for hydroxylation is 1. The third-order valence-electron chi connectivity index (χ3n) is 6.20. The van der Waals surface area contributed by atoms with Gasteiger partial charge in [-0.3, -0.25) is 4.79 Å². The van der Waals surface area contributed by atoms with E-state index in [1.54, 1.807) is 6.20 Å². The lowest BCUT2D eigenvalue weighted by Gasteiger charge is -2.33. The zero-order valence-electron chi connectivity index (χ0n) is 17.8. The highest BCUT2D eigenvalue weighted by molar-refractivity contribution is 5.84. The highest BCUT2D eigenvalue weighted by atomic mass is 16.1. The van der Waals surface area contributed by atoms with Gasteiger partial charge in [0.15, 0.2) is 11.5 Å². The predicted octanol–water partition coefficient (Wildman–Crippen LogP) is 3.98. The lowest BCUT2D eigenvalue weighted by molar-refractivity contribution is -0.125. The summed E-state index contributed by atoms with van der Waals surface area (Å²) in [6.45, 7) is 4.29. The molecule has 1 amide bonds. The molecule has 1 N–H and O–H groups in total. The molecule has 158 valence electrons. The largest absolute Gasteiger partial charge is 0.354 e. The van der Waals surface area contributed by atoms with Gasteiger partial charge >= 0.3 is 0 Å². The lowest BCUT2D eigenvalue weighted by Crippen LogP contribution is -2.43. The maximum absolute atomic E-state index is 12.9. The van der Waals surface area contributed by atoms with Crippen molar-refractivity contribution in [3.63, 3.8) is 0 Å². The Hall–Kier alpha value is -3.41. The van der Waals surface area contributed by atoms with E-state index >= 15 is 0 Å². The first kappa shape index (κ1) is 19.5. The number of amides is 1. The maximum atomic E-state index is 12.9. The molecule has 1 atom stereocenters. The second-order valence-corrected chi connectivity index (χ2v) is 8.22. The zero-order valence-corrected chi connectivity index (χ0v) is 17.8. The fourth-order valence-electron chi connectivity index (χ4n) is 4.44. The standard InChI is InChI=1S/C25H27N5O/c1-2-18-9-11-19(12-10-18)16-27-25(31)20-6-4-14-29(17-20)24-22-8-5-15-30(22)21-7-3-13-26-23(21)28-24/h3,5,7-13,15,20H,2,4,6,14,16-17H2,1H3,(H,27,31)/t20-/m1/s1. The van der Waals surface area contributed by atoms with E-state index in [9.17, 15) is 4.79 Å². The first-order valence-corrected chi connectivity index (χ1v) is 11.0. The van der Waals surface area contributed by atoms with Gasteiger partial charge in [0.25, 0.3) is 0 Å². The van der Waals surface area contributed by atoms with Gasteiger partial charge < -0.3 is 14.6 Å². The minimum absolute atomic E-state index is 0.0418. The van der Waals surface area contributed by atoms with Gasteiger partial charge in [-0.25, -0.2) is 9.97 Å². The molecule has 1 aliphatic heterocycles. The SMILES string of the molecule is CCc1ccc(CNC(=O)[C@@H]2CCCN(c3nc4ncccc4n4cccc34)C2)cc1. The number of anilines is 1. The lowest BCUT2D eigenvalue weighted by atomic mass is 9.97. The van der Waals surface area contributed by atoms with E-state index in [2.05, 4.69) is 56.9 Å². The first-order valence-electron chi connectivity index (χ1n) is 11.0. The second kappa shape index (κ2) is 8.38. The molecule has 1 saturated heterocycles. The van der Waals surface area contributed by atoms with Crippen LogP contribution in [0.2, 0.25) is 0 Å². The van der Waals surface area contributed by atoms with E-state index in [1.807, 2.05) is 24.4 Å². The number of piperidine rings is 1. The van der Waals surface area contributed by atoms with Gasteiger partial charge in [-0.2, -0.15) is 0 Å². The molecule has 0 saturated carbocycles. The van der Waals surface area contributed by atoms with Crippen LogP contribution in [0, 0.1) is 5.92 Å². The van der Waals surface area contributed by atoms with Gasteiger partial charge in [-0.05, 0) is 54.7 Å². The van der Waals surface area contributed by atoms with Gasteiger partial charge in [0.1, 0.15) is 0 Å². The van der Waals surface area contributed by atoms with Crippen LogP contribution in [0.5, 0.6) is 0 Å². The summed E-state index contributed by atoms with van der Waals surface area (Å²) in [6.07, 6.45) is 6.71. The van der Waals surface area contributed by atoms with Gasteiger partial charge in [0, 0.05) is 32.0 Å². The van der Waals surface area contributed by atoms with Crippen LogP contribution in [0.4, 0.5) is 5.82 Å². The number of fused-ring (bicyclic) bond motifs is 3. The summed E-state index contributed by atoms with van der Waals surface area (Å²) in [7, 11) is 0. The molecule has 6 nitrogen and oxygen atoms in total. The smallest absolute Gasteiger partial charge is 0.225 e. The number of hydrogen-bond donors (Lipinski definition) is 1. The van der Waals surface area contributed by atoms with Crippen LogP contribution in [0.1, 0.15) is 30.9 Å². The number of benzene rings is 1. The van der Waals surface area contributed by atoms with Gasteiger partial charge in [-0.1, -0.05) is 31.2 Å². The highest BCUT2D eigenvalue weighted by Gasteiger charge is 2.28. The van der Waals surface area contributed by atoms with E-state index in [0.717, 1.165) is 53.9 Å². The zero-order chi connectivity index (χ0) is 21.2. The highest BCUT2D eigenvalue weighted by Crippen LogP contribution is 2.28. The molecule has 0 aliphatic carbocycles. The maximum Gasteiger partial charge on any atom is 0.225 e. The number of nitrogens with one attached hydrogen (secondary N) is 1. The summed E-state index contributed by atoms with van der Waals surface area (Å²) in [4.78, 5) is 24.5. The van der Waals surface area contributed by atoms with Gasteiger partial charge in [0.05, 0.1) is 17.0 Å².